The molecule has 1 N–H and O–H groups in total. The molecule has 24 heavy (non-hydrogen) atoms. The minimum Gasteiger partial charge on any atom is -0.481 e. The Morgan fingerprint density at radius 1 is 1.17 bits per heavy atom. The zero-order valence-electron chi connectivity index (χ0n) is 14.3. The Kier molecular flexibility index (Phi) is 4.24. The van der Waals surface area contributed by atoms with E-state index in [4.69, 9.17) is 16.3 Å². The van der Waals surface area contributed by atoms with E-state index in [1.165, 1.54) is 38.5 Å². The second-order valence-electron chi connectivity index (χ2n) is 8.35. The average Bonchev–Trinajstić information content (AvgIpc) is 2.53. The summed E-state index contributed by atoms with van der Waals surface area (Å²) in [5.41, 5.74) is 0.365. The minimum absolute atomic E-state index is 0.0132. The van der Waals surface area contributed by atoms with Gasteiger partial charge in [-0.1, -0.05) is 11.6 Å². The van der Waals surface area contributed by atoms with Crippen LogP contribution in [0.1, 0.15) is 45.4 Å². The highest BCUT2D eigenvalue weighted by molar-refractivity contribution is 6.30. The van der Waals surface area contributed by atoms with Crippen molar-refractivity contribution in [2.75, 3.05) is 6.54 Å². The number of carbonyl (C=O) groups is 1. The molecule has 1 aromatic rings. The Morgan fingerprint density at radius 2 is 1.71 bits per heavy atom. The third-order valence-electron chi connectivity index (χ3n) is 6.30. The Balaban J connectivity index is 1.32. The normalized spacial score (nSPS) is 34.8. The number of hydrogen-bond donors (Lipinski definition) is 1. The lowest BCUT2D eigenvalue weighted by molar-refractivity contribution is -0.129. The first-order chi connectivity index (χ1) is 11.5. The zero-order chi connectivity index (χ0) is 16.7. The van der Waals surface area contributed by atoms with E-state index in [1.807, 2.05) is 6.92 Å². The molecule has 1 aromatic carbocycles. The summed E-state index contributed by atoms with van der Waals surface area (Å²) in [6.07, 6.45) is 7.75. The van der Waals surface area contributed by atoms with Crippen molar-refractivity contribution in [1.82, 2.24) is 5.32 Å². The van der Waals surface area contributed by atoms with Gasteiger partial charge in [0.2, 0.25) is 0 Å². The molecule has 4 aliphatic rings. The molecule has 1 atom stereocenters. The molecule has 1 amide bonds. The lowest BCUT2D eigenvalue weighted by Gasteiger charge is -2.56. The van der Waals surface area contributed by atoms with E-state index in [1.54, 1.807) is 24.3 Å². The fraction of sp³-hybridized carbons (Fsp3) is 0.650. The number of amides is 1. The Labute approximate surface area is 149 Å². The van der Waals surface area contributed by atoms with Crippen LogP contribution >= 0.6 is 11.6 Å². The lowest BCUT2D eigenvalue weighted by atomic mass is 9.49. The number of halogens is 1. The van der Waals surface area contributed by atoms with Crippen LogP contribution in [0, 0.1) is 23.2 Å². The molecular weight excluding hydrogens is 322 g/mol. The monoisotopic (exact) mass is 347 g/mol. The van der Waals surface area contributed by atoms with E-state index in [-0.39, 0.29) is 5.91 Å². The summed E-state index contributed by atoms with van der Waals surface area (Å²) in [5.74, 6) is 3.40. The summed E-state index contributed by atoms with van der Waals surface area (Å²) in [4.78, 5) is 12.4. The molecular formula is C20H26ClNO2. The number of rotatable bonds is 5. The van der Waals surface area contributed by atoms with Crippen LogP contribution < -0.4 is 10.1 Å². The van der Waals surface area contributed by atoms with Crippen LogP contribution in [0.25, 0.3) is 0 Å². The zero-order valence-corrected chi connectivity index (χ0v) is 15.0. The van der Waals surface area contributed by atoms with Crippen LogP contribution in [0.15, 0.2) is 24.3 Å². The molecule has 0 radical (unpaired) electrons. The van der Waals surface area contributed by atoms with Gasteiger partial charge < -0.3 is 10.1 Å². The molecule has 0 aromatic heterocycles. The molecule has 0 unspecified atom stereocenters. The first-order valence-corrected chi connectivity index (χ1v) is 9.59. The maximum atomic E-state index is 12.4. The van der Waals surface area contributed by atoms with Gasteiger partial charge in [-0.2, -0.15) is 0 Å². The smallest absolute Gasteiger partial charge is 0.260 e. The van der Waals surface area contributed by atoms with Crippen LogP contribution in [0.4, 0.5) is 0 Å². The third-order valence-corrected chi connectivity index (χ3v) is 6.55. The molecule has 5 rings (SSSR count). The standard InChI is InChI=1S/C20H26ClNO2/c1-13(24-18-4-2-17(21)3-5-18)19(23)22-12-20-9-14-6-15(10-20)8-16(7-14)11-20/h2-5,13-16H,6-12H2,1H3,(H,22,23)/t13-,14?,15?,16?,20?/m1/s1. The average molecular weight is 348 g/mol. The van der Waals surface area contributed by atoms with Crippen LogP contribution in [0.3, 0.4) is 0 Å². The summed E-state index contributed by atoms with van der Waals surface area (Å²) in [7, 11) is 0. The summed E-state index contributed by atoms with van der Waals surface area (Å²) in [6, 6.07) is 7.14. The molecule has 4 bridgehead atoms. The van der Waals surface area contributed by atoms with Crippen molar-refractivity contribution < 1.29 is 9.53 Å². The summed E-state index contributed by atoms with van der Waals surface area (Å²) in [5, 5.41) is 3.85. The van der Waals surface area contributed by atoms with E-state index >= 15 is 0 Å². The Hall–Kier alpha value is -1.22. The molecule has 3 nitrogen and oxygen atoms in total. The van der Waals surface area contributed by atoms with Crippen LogP contribution in [0.2, 0.25) is 5.02 Å². The number of ether oxygens (including phenoxy) is 1. The topological polar surface area (TPSA) is 38.3 Å². The SMILES string of the molecule is C[C@@H](Oc1ccc(Cl)cc1)C(=O)NCC12CC3CC(CC(C3)C1)C2. The second kappa shape index (κ2) is 6.25. The molecule has 130 valence electrons. The van der Waals surface area contributed by atoms with E-state index in [0.717, 1.165) is 24.3 Å². The summed E-state index contributed by atoms with van der Waals surface area (Å²) < 4.78 is 5.73. The number of hydrogen-bond acceptors (Lipinski definition) is 2. The van der Waals surface area contributed by atoms with Crippen molar-refractivity contribution in [2.24, 2.45) is 23.2 Å². The van der Waals surface area contributed by atoms with Gasteiger partial charge in [-0.3, -0.25) is 4.79 Å². The first-order valence-electron chi connectivity index (χ1n) is 9.21. The van der Waals surface area contributed by atoms with Crippen LogP contribution in [0.5, 0.6) is 5.75 Å². The van der Waals surface area contributed by atoms with E-state index < -0.39 is 6.10 Å². The van der Waals surface area contributed by atoms with Gasteiger partial charge in [-0.25, -0.2) is 0 Å². The molecule has 0 spiro atoms. The Bertz CT molecular complexity index is 577. The number of benzene rings is 1. The quantitative estimate of drug-likeness (QED) is 0.855. The van der Waals surface area contributed by atoms with Gasteiger partial charge in [0.25, 0.3) is 5.91 Å². The van der Waals surface area contributed by atoms with Crippen molar-refractivity contribution >= 4 is 17.5 Å². The van der Waals surface area contributed by atoms with E-state index in [0.29, 0.717) is 16.2 Å². The minimum atomic E-state index is -0.486. The van der Waals surface area contributed by atoms with E-state index in [9.17, 15) is 4.79 Å². The molecule has 4 aliphatic carbocycles. The second-order valence-corrected chi connectivity index (χ2v) is 8.79. The largest absolute Gasteiger partial charge is 0.481 e. The molecule has 4 heteroatoms. The predicted octanol–water partition coefficient (Wildman–Crippen LogP) is 4.44. The lowest BCUT2D eigenvalue weighted by Crippen LogP contribution is -2.52. The number of carbonyl (C=O) groups excluding carboxylic acids is 1. The third kappa shape index (κ3) is 3.28. The van der Waals surface area contributed by atoms with Crippen molar-refractivity contribution in [3.05, 3.63) is 29.3 Å². The predicted molar refractivity (Wildman–Crippen MR) is 95.2 cm³/mol. The van der Waals surface area contributed by atoms with Crippen LogP contribution in [-0.2, 0) is 4.79 Å². The van der Waals surface area contributed by atoms with Crippen LogP contribution in [-0.4, -0.2) is 18.6 Å². The van der Waals surface area contributed by atoms with Gasteiger partial charge in [-0.15, -0.1) is 0 Å². The first kappa shape index (κ1) is 16.3. The maximum Gasteiger partial charge on any atom is 0.260 e. The summed E-state index contributed by atoms with van der Waals surface area (Å²) in [6.45, 7) is 2.63. The van der Waals surface area contributed by atoms with Crippen molar-refractivity contribution in [2.45, 2.75) is 51.6 Å². The maximum absolute atomic E-state index is 12.4. The fourth-order valence-electron chi connectivity index (χ4n) is 5.70. The highest BCUT2D eigenvalue weighted by Crippen LogP contribution is 2.59. The van der Waals surface area contributed by atoms with Gasteiger partial charge in [0, 0.05) is 11.6 Å². The molecule has 4 fully saturated rings. The molecule has 0 saturated heterocycles. The number of nitrogens with one attached hydrogen (secondary N) is 1. The highest BCUT2D eigenvalue weighted by Gasteiger charge is 2.50. The summed E-state index contributed by atoms with van der Waals surface area (Å²) >= 11 is 5.88. The molecule has 4 saturated carbocycles. The van der Waals surface area contributed by atoms with Gasteiger partial charge in [0.1, 0.15) is 5.75 Å². The van der Waals surface area contributed by atoms with Crippen molar-refractivity contribution in [1.29, 1.82) is 0 Å². The van der Waals surface area contributed by atoms with Gasteiger partial charge in [-0.05, 0) is 92.9 Å². The van der Waals surface area contributed by atoms with E-state index in [2.05, 4.69) is 5.32 Å². The van der Waals surface area contributed by atoms with Gasteiger partial charge in [0.05, 0.1) is 0 Å². The highest BCUT2D eigenvalue weighted by atomic mass is 35.5. The fourth-order valence-corrected chi connectivity index (χ4v) is 5.82. The van der Waals surface area contributed by atoms with Crippen molar-refractivity contribution in [3.8, 4) is 5.75 Å². The Morgan fingerprint density at radius 3 is 2.25 bits per heavy atom. The molecule has 0 heterocycles. The van der Waals surface area contributed by atoms with Gasteiger partial charge >= 0.3 is 0 Å². The van der Waals surface area contributed by atoms with Crippen molar-refractivity contribution in [3.63, 3.8) is 0 Å². The molecule has 0 aliphatic heterocycles. The van der Waals surface area contributed by atoms with Gasteiger partial charge in [0.15, 0.2) is 6.10 Å².